The minimum Gasteiger partial charge on any atom is -0.493 e. The van der Waals surface area contributed by atoms with Crippen LogP contribution in [0.25, 0.3) is 0 Å². The van der Waals surface area contributed by atoms with E-state index in [4.69, 9.17) is 21.1 Å². The van der Waals surface area contributed by atoms with E-state index in [1.165, 1.54) is 19.2 Å². The molecule has 2 amide bonds. The van der Waals surface area contributed by atoms with Gasteiger partial charge in [0.1, 0.15) is 5.82 Å². The van der Waals surface area contributed by atoms with Crippen LogP contribution < -0.4 is 19.7 Å². The topological polar surface area (TPSA) is 67.9 Å². The molecule has 1 heterocycles. The van der Waals surface area contributed by atoms with Crippen molar-refractivity contribution in [2.24, 2.45) is 5.92 Å². The number of hydrogen-bond donors (Lipinski definition) is 1. The van der Waals surface area contributed by atoms with Crippen LogP contribution in [0.5, 0.6) is 11.5 Å². The van der Waals surface area contributed by atoms with E-state index in [-0.39, 0.29) is 23.3 Å². The number of hydrogen-bond acceptors (Lipinski definition) is 4. The van der Waals surface area contributed by atoms with Gasteiger partial charge in [0.05, 0.1) is 36.9 Å². The maximum atomic E-state index is 13.5. The number of benzene rings is 3. The molecule has 2 unspecified atom stereocenters. The Balaban J connectivity index is 1.78. The number of methoxy groups -OCH3 is 2. The fourth-order valence-electron chi connectivity index (χ4n) is 4.41. The fraction of sp³-hybridized carbons (Fsp3) is 0.259. The van der Waals surface area contributed by atoms with E-state index in [0.29, 0.717) is 29.3 Å². The standard InChI is InChI=1S/C27H26ClFN2O4/c1-16-4-8-19(9-5-16)31-25(32)13-10-20(27(33)30-22-11-7-18(29)15-21(22)28)26(31)17-6-12-23(34-2)24(14-17)35-3/h4-9,11-12,14-15,20,26H,10,13H2,1-3H3,(H,30,33). The lowest BCUT2D eigenvalue weighted by molar-refractivity contribution is -0.125. The lowest BCUT2D eigenvalue weighted by atomic mass is 9.83. The van der Waals surface area contributed by atoms with Gasteiger partial charge in [0.2, 0.25) is 11.8 Å². The Bertz CT molecular complexity index is 1250. The van der Waals surface area contributed by atoms with Crippen molar-refractivity contribution in [2.75, 3.05) is 24.4 Å². The summed E-state index contributed by atoms with van der Waals surface area (Å²) >= 11 is 6.15. The Hall–Kier alpha value is -3.58. The third-order valence-corrected chi connectivity index (χ3v) is 6.50. The van der Waals surface area contributed by atoms with Crippen molar-refractivity contribution >= 4 is 34.8 Å². The molecule has 2 atom stereocenters. The predicted octanol–water partition coefficient (Wildman–Crippen LogP) is 5.93. The van der Waals surface area contributed by atoms with Gasteiger partial charge >= 0.3 is 0 Å². The zero-order valence-electron chi connectivity index (χ0n) is 19.7. The predicted molar refractivity (Wildman–Crippen MR) is 134 cm³/mol. The SMILES string of the molecule is COc1ccc(C2C(C(=O)Nc3ccc(F)cc3Cl)CCC(=O)N2c2ccc(C)cc2)cc1OC. The van der Waals surface area contributed by atoms with Gasteiger partial charge in [-0.15, -0.1) is 0 Å². The first-order chi connectivity index (χ1) is 16.8. The average Bonchev–Trinajstić information content (AvgIpc) is 2.85. The summed E-state index contributed by atoms with van der Waals surface area (Å²) in [5.74, 6) is -0.467. The second-order valence-corrected chi connectivity index (χ2v) is 8.82. The smallest absolute Gasteiger partial charge is 0.229 e. The van der Waals surface area contributed by atoms with Gasteiger partial charge < -0.3 is 19.7 Å². The summed E-state index contributed by atoms with van der Waals surface area (Å²) in [6, 6.07) is 16.2. The van der Waals surface area contributed by atoms with Crippen LogP contribution in [0.1, 0.15) is 30.0 Å². The molecule has 8 heteroatoms. The van der Waals surface area contributed by atoms with E-state index >= 15 is 0 Å². The highest BCUT2D eigenvalue weighted by molar-refractivity contribution is 6.33. The molecule has 3 aromatic carbocycles. The number of nitrogens with zero attached hydrogens (tertiary/aromatic N) is 1. The number of carbonyl (C=O) groups excluding carboxylic acids is 2. The normalized spacial score (nSPS) is 17.7. The van der Waals surface area contributed by atoms with Crippen LogP contribution in [0.4, 0.5) is 15.8 Å². The molecule has 35 heavy (non-hydrogen) atoms. The molecule has 0 spiro atoms. The number of anilines is 2. The monoisotopic (exact) mass is 496 g/mol. The minimum atomic E-state index is -0.613. The highest BCUT2D eigenvalue weighted by atomic mass is 35.5. The van der Waals surface area contributed by atoms with Crippen molar-refractivity contribution in [3.63, 3.8) is 0 Å². The molecular weight excluding hydrogens is 471 g/mol. The van der Waals surface area contributed by atoms with Gasteiger partial charge in [-0.2, -0.15) is 0 Å². The lowest BCUT2D eigenvalue weighted by Gasteiger charge is -2.41. The quantitative estimate of drug-likeness (QED) is 0.459. The molecule has 0 bridgehead atoms. The first-order valence-corrected chi connectivity index (χ1v) is 11.6. The number of amides is 2. The summed E-state index contributed by atoms with van der Waals surface area (Å²) in [5.41, 5.74) is 2.78. The van der Waals surface area contributed by atoms with Crippen LogP contribution >= 0.6 is 11.6 Å². The third kappa shape index (κ3) is 5.10. The number of aryl methyl sites for hydroxylation is 1. The molecular formula is C27H26ClFN2O4. The van der Waals surface area contributed by atoms with E-state index < -0.39 is 17.8 Å². The number of nitrogens with one attached hydrogen (secondary N) is 1. The van der Waals surface area contributed by atoms with Gasteiger partial charge in [-0.3, -0.25) is 9.59 Å². The summed E-state index contributed by atoms with van der Waals surface area (Å²) in [6.07, 6.45) is 0.539. The number of rotatable bonds is 6. The number of carbonyl (C=O) groups is 2. The number of halogens is 2. The summed E-state index contributed by atoms with van der Waals surface area (Å²) in [4.78, 5) is 28.4. The van der Waals surface area contributed by atoms with Crippen LogP contribution in [-0.2, 0) is 9.59 Å². The Morgan fingerprint density at radius 1 is 1.03 bits per heavy atom. The van der Waals surface area contributed by atoms with Gasteiger partial charge in [-0.05, 0) is 61.4 Å². The van der Waals surface area contributed by atoms with E-state index in [2.05, 4.69) is 5.32 Å². The maximum absolute atomic E-state index is 13.5. The molecule has 182 valence electrons. The lowest BCUT2D eigenvalue weighted by Crippen LogP contribution is -2.47. The van der Waals surface area contributed by atoms with Crippen molar-refractivity contribution < 1.29 is 23.5 Å². The fourth-order valence-corrected chi connectivity index (χ4v) is 4.63. The second-order valence-electron chi connectivity index (χ2n) is 8.42. The first kappa shape index (κ1) is 24.5. The average molecular weight is 497 g/mol. The number of ether oxygens (including phenoxy) is 2. The molecule has 0 aliphatic carbocycles. The van der Waals surface area contributed by atoms with Crippen molar-refractivity contribution in [2.45, 2.75) is 25.8 Å². The van der Waals surface area contributed by atoms with Gasteiger partial charge in [0, 0.05) is 12.1 Å². The van der Waals surface area contributed by atoms with Crippen molar-refractivity contribution in [3.05, 3.63) is 82.6 Å². The van der Waals surface area contributed by atoms with Crippen LogP contribution in [0.15, 0.2) is 60.7 Å². The summed E-state index contributed by atoms with van der Waals surface area (Å²) < 4.78 is 24.4. The van der Waals surface area contributed by atoms with Crippen LogP contribution in [0, 0.1) is 18.7 Å². The Kier molecular flexibility index (Phi) is 7.26. The van der Waals surface area contributed by atoms with Gasteiger partial charge in [0.25, 0.3) is 0 Å². The van der Waals surface area contributed by atoms with Crippen LogP contribution in [0.2, 0.25) is 5.02 Å². The molecule has 1 N–H and O–H groups in total. The highest BCUT2D eigenvalue weighted by Gasteiger charge is 2.42. The molecule has 4 rings (SSSR count). The Labute approximate surface area is 208 Å². The van der Waals surface area contributed by atoms with Gasteiger partial charge in [-0.1, -0.05) is 35.4 Å². The summed E-state index contributed by atoms with van der Waals surface area (Å²) in [7, 11) is 3.08. The van der Waals surface area contributed by atoms with Crippen LogP contribution in [-0.4, -0.2) is 26.0 Å². The summed E-state index contributed by atoms with van der Waals surface area (Å²) in [5, 5.41) is 2.92. The molecule has 1 aliphatic rings. The largest absolute Gasteiger partial charge is 0.493 e. The van der Waals surface area contributed by atoms with E-state index in [1.807, 2.05) is 37.3 Å². The zero-order valence-corrected chi connectivity index (χ0v) is 20.4. The van der Waals surface area contributed by atoms with E-state index in [1.54, 1.807) is 24.1 Å². The van der Waals surface area contributed by atoms with Crippen molar-refractivity contribution in [1.29, 1.82) is 0 Å². The van der Waals surface area contributed by atoms with E-state index in [0.717, 1.165) is 17.2 Å². The third-order valence-electron chi connectivity index (χ3n) is 6.18. The summed E-state index contributed by atoms with van der Waals surface area (Å²) in [6.45, 7) is 1.97. The molecule has 1 aliphatic heterocycles. The Morgan fingerprint density at radius 2 is 1.74 bits per heavy atom. The molecule has 3 aromatic rings. The van der Waals surface area contributed by atoms with Gasteiger partial charge in [-0.25, -0.2) is 4.39 Å². The molecule has 1 saturated heterocycles. The minimum absolute atomic E-state index is 0.0856. The van der Waals surface area contributed by atoms with E-state index in [9.17, 15) is 14.0 Å². The first-order valence-electron chi connectivity index (χ1n) is 11.2. The molecule has 0 aromatic heterocycles. The zero-order chi connectivity index (χ0) is 25.1. The molecule has 1 fully saturated rings. The molecule has 0 saturated carbocycles. The van der Waals surface area contributed by atoms with Crippen molar-refractivity contribution in [3.8, 4) is 11.5 Å². The Morgan fingerprint density at radius 3 is 2.40 bits per heavy atom. The van der Waals surface area contributed by atoms with Gasteiger partial charge in [0.15, 0.2) is 11.5 Å². The van der Waals surface area contributed by atoms with Crippen molar-refractivity contribution in [1.82, 2.24) is 0 Å². The molecule has 6 nitrogen and oxygen atoms in total. The molecule has 0 radical (unpaired) electrons. The number of piperidine rings is 1. The highest BCUT2D eigenvalue weighted by Crippen LogP contribution is 2.43. The maximum Gasteiger partial charge on any atom is 0.229 e. The second kappa shape index (κ2) is 10.4. The van der Waals surface area contributed by atoms with Crippen LogP contribution in [0.3, 0.4) is 0 Å².